The van der Waals surface area contributed by atoms with Crippen LogP contribution in [0.5, 0.6) is 5.75 Å². The molecular formula is C14H21NO. The summed E-state index contributed by atoms with van der Waals surface area (Å²) in [5.74, 6) is 1.65. The zero-order valence-electron chi connectivity index (χ0n) is 10.2. The van der Waals surface area contributed by atoms with Gasteiger partial charge in [0.2, 0.25) is 0 Å². The van der Waals surface area contributed by atoms with Gasteiger partial charge in [-0.2, -0.15) is 0 Å². The molecule has 1 aliphatic carbocycles. The average molecular weight is 219 g/mol. The molecule has 0 radical (unpaired) electrons. The molecule has 0 aliphatic heterocycles. The third-order valence-corrected chi connectivity index (χ3v) is 3.57. The van der Waals surface area contributed by atoms with Crippen molar-refractivity contribution in [2.45, 2.75) is 44.6 Å². The van der Waals surface area contributed by atoms with Crippen molar-refractivity contribution in [1.82, 2.24) is 0 Å². The number of benzene rings is 1. The van der Waals surface area contributed by atoms with Gasteiger partial charge in [-0.25, -0.2) is 0 Å². The average Bonchev–Trinajstić information content (AvgIpc) is 2.81. The molecule has 1 aliphatic rings. The Morgan fingerprint density at radius 2 is 2.00 bits per heavy atom. The molecule has 16 heavy (non-hydrogen) atoms. The van der Waals surface area contributed by atoms with E-state index in [-0.39, 0.29) is 6.04 Å². The molecule has 1 saturated carbocycles. The molecule has 88 valence electrons. The Morgan fingerprint density at radius 3 is 2.56 bits per heavy atom. The van der Waals surface area contributed by atoms with E-state index in [1.54, 1.807) is 7.11 Å². The molecular weight excluding hydrogens is 198 g/mol. The fourth-order valence-electron chi connectivity index (χ4n) is 2.62. The van der Waals surface area contributed by atoms with Gasteiger partial charge in [-0.05, 0) is 37.3 Å². The third kappa shape index (κ3) is 2.22. The maximum absolute atomic E-state index is 5.98. The molecule has 1 fully saturated rings. The molecule has 0 saturated heterocycles. The lowest BCUT2D eigenvalue weighted by molar-refractivity contribution is 0.406. The van der Waals surface area contributed by atoms with E-state index in [9.17, 15) is 0 Å². The van der Waals surface area contributed by atoms with Crippen LogP contribution in [0.25, 0.3) is 0 Å². The minimum Gasteiger partial charge on any atom is -0.496 e. The summed E-state index contributed by atoms with van der Waals surface area (Å²) in [5.41, 5.74) is 8.54. The third-order valence-electron chi connectivity index (χ3n) is 3.57. The normalized spacial score (nSPS) is 18.7. The first-order valence-electron chi connectivity index (χ1n) is 6.15. The van der Waals surface area contributed by atoms with Crippen molar-refractivity contribution in [2.24, 2.45) is 5.73 Å². The van der Waals surface area contributed by atoms with E-state index >= 15 is 0 Å². The van der Waals surface area contributed by atoms with Crippen LogP contribution < -0.4 is 10.5 Å². The van der Waals surface area contributed by atoms with Gasteiger partial charge >= 0.3 is 0 Å². The molecule has 0 amide bonds. The number of methoxy groups -OCH3 is 1. The molecule has 1 atom stereocenters. The van der Waals surface area contributed by atoms with Crippen LogP contribution in [0.3, 0.4) is 0 Å². The summed E-state index contributed by atoms with van der Waals surface area (Å²) in [6.45, 7) is 2.01. The molecule has 2 rings (SSSR count). The quantitative estimate of drug-likeness (QED) is 0.846. The second-order valence-electron chi connectivity index (χ2n) is 4.77. The zero-order chi connectivity index (χ0) is 11.5. The highest BCUT2D eigenvalue weighted by molar-refractivity contribution is 5.40. The van der Waals surface area contributed by atoms with E-state index in [0.29, 0.717) is 0 Å². The van der Waals surface area contributed by atoms with E-state index < -0.39 is 0 Å². The van der Waals surface area contributed by atoms with Gasteiger partial charge in [0.1, 0.15) is 5.75 Å². The summed E-state index contributed by atoms with van der Waals surface area (Å²) in [5, 5.41) is 0. The van der Waals surface area contributed by atoms with Crippen LogP contribution in [0, 0.1) is 0 Å². The minimum absolute atomic E-state index is 0.0382. The standard InChI is InChI=1S/C14H21NO/c1-10(15)13-9-12(7-8-14(13)16-2)11-5-3-4-6-11/h7-11H,3-6,15H2,1-2H3. The summed E-state index contributed by atoms with van der Waals surface area (Å²) >= 11 is 0. The maximum atomic E-state index is 5.98. The van der Waals surface area contributed by atoms with Gasteiger partial charge in [-0.15, -0.1) is 0 Å². The van der Waals surface area contributed by atoms with Crippen LogP contribution in [-0.4, -0.2) is 7.11 Å². The number of hydrogen-bond donors (Lipinski definition) is 1. The van der Waals surface area contributed by atoms with Crippen molar-refractivity contribution in [1.29, 1.82) is 0 Å². The van der Waals surface area contributed by atoms with Crippen molar-refractivity contribution in [3.8, 4) is 5.75 Å². The first-order chi connectivity index (χ1) is 7.72. The van der Waals surface area contributed by atoms with Gasteiger partial charge in [0.05, 0.1) is 7.11 Å². The Morgan fingerprint density at radius 1 is 1.31 bits per heavy atom. The van der Waals surface area contributed by atoms with E-state index in [1.165, 1.54) is 31.2 Å². The maximum Gasteiger partial charge on any atom is 0.123 e. The number of rotatable bonds is 3. The van der Waals surface area contributed by atoms with Crippen LogP contribution in [0.2, 0.25) is 0 Å². The molecule has 1 aromatic rings. The van der Waals surface area contributed by atoms with E-state index in [2.05, 4.69) is 18.2 Å². The Bertz CT molecular complexity index is 354. The van der Waals surface area contributed by atoms with Crippen molar-refractivity contribution in [3.05, 3.63) is 29.3 Å². The SMILES string of the molecule is COc1ccc(C2CCCC2)cc1C(C)N. The van der Waals surface area contributed by atoms with Crippen molar-refractivity contribution in [2.75, 3.05) is 7.11 Å². The van der Waals surface area contributed by atoms with Gasteiger partial charge in [-0.1, -0.05) is 25.0 Å². The van der Waals surface area contributed by atoms with Crippen LogP contribution in [0.15, 0.2) is 18.2 Å². The van der Waals surface area contributed by atoms with Crippen molar-refractivity contribution in [3.63, 3.8) is 0 Å². The topological polar surface area (TPSA) is 35.2 Å². The predicted molar refractivity (Wildman–Crippen MR) is 66.8 cm³/mol. The molecule has 0 spiro atoms. The van der Waals surface area contributed by atoms with Crippen molar-refractivity contribution < 1.29 is 4.74 Å². The second kappa shape index (κ2) is 4.88. The van der Waals surface area contributed by atoms with Crippen LogP contribution in [-0.2, 0) is 0 Å². The first kappa shape index (κ1) is 11.5. The molecule has 0 aromatic heterocycles. The fraction of sp³-hybridized carbons (Fsp3) is 0.571. The Labute approximate surface area is 97.8 Å². The van der Waals surface area contributed by atoms with E-state index in [1.807, 2.05) is 6.92 Å². The highest BCUT2D eigenvalue weighted by Crippen LogP contribution is 2.36. The highest BCUT2D eigenvalue weighted by atomic mass is 16.5. The predicted octanol–water partition coefficient (Wildman–Crippen LogP) is 3.37. The lowest BCUT2D eigenvalue weighted by atomic mass is 9.94. The second-order valence-corrected chi connectivity index (χ2v) is 4.77. The summed E-state index contributed by atoms with van der Waals surface area (Å²) in [7, 11) is 1.70. The van der Waals surface area contributed by atoms with Gasteiger partial charge in [0.25, 0.3) is 0 Å². The summed E-state index contributed by atoms with van der Waals surface area (Å²) in [4.78, 5) is 0. The Balaban J connectivity index is 2.30. The number of nitrogens with two attached hydrogens (primary N) is 1. The Kier molecular flexibility index (Phi) is 3.49. The van der Waals surface area contributed by atoms with Gasteiger partial charge in [0.15, 0.2) is 0 Å². The minimum atomic E-state index is 0.0382. The molecule has 2 heteroatoms. The molecule has 2 nitrogen and oxygen atoms in total. The van der Waals surface area contributed by atoms with Gasteiger partial charge < -0.3 is 10.5 Å². The zero-order valence-corrected chi connectivity index (χ0v) is 10.2. The smallest absolute Gasteiger partial charge is 0.123 e. The Hall–Kier alpha value is -1.02. The molecule has 2 N–H and O–H groups in total. The van der Waals surface area contributed by atoms with E-state index in [4.69, 9.17) is 10.5 Å². The van der Waals surface area contributed by atoms with Crippen LogP contribution >= 0.6 is 0 Å². The first-order valence-corrected chi connectivity index (χ1v) is 6.15. The highest BCUT2D eigenvalue weighted by Gasteiger charge is 2.18. The molecule has 1 unspecified atom stereocenters. The van der Waals surface area contributed by atoms with Crippen LogP contribution in [0.4, 0.5) is 0 Å². The number of hydrogen-bond acceptors (Lipinski definition) is 2. The van der Waals surface area contributed by atoms with Gasteiger partial charge in [-0.3, -0.25) is 0 Å². The van der Waals surface area contributed by atoms with Crippen LogP contribution in [0.1, 0.15) is 55.7 Å². The molecule has 1 aromatic carbocycles. The van der Waals surface area contributed by atoms with Crippen molar-refractivity contribution >= 4 is 0 Å². The van der Waals surface area contributed by atoms with E-state index in [0.717, 1.165) is 17.2 Å². The summed E-state index contributed by atoms with van der Waals surface area (Å²) in [6.07, 6.45) is 5.38. The lowest BCUT2D eigenvalue weighted by Gasteiger charge is -2.16. The number of ether oxygens (including phenoxy) is 1. The molecule has 0 heterocycles. The van der Waals surface area contributed by atoms with Gasteiger partial charge in [0, 0.05) is 11.6 Å². The largest absolute Gasteiger partial charge is 0.496 e. The monoisotopic (exact) mass is 219 g/mol. The summed E-state index contributed by atoms with van der Waals surface area (Å²) in [6, 6.07) is 6.53. The fourth-order valence-corrected chi connectivity index (χ4v) is 2.62. The summed E-state index contributed by atoms with van der Waals surface area (Å²) < 4.78 is 5.34. The lowest BCUT2D eigenvalue weighted by Crippen LogP contribution is -2.08. The molecule has 0 bridgehead atoms.